The Morgan fingerprint density at radius 3 is 1.80 bits per heavy atom. The number of amides is 4. The van der Waals surface area contributed by atoms with Crippen molar-refractivity contribution in [1.82, 2.24) is 20.9 Å². The van der Waals surface area contributed by atoms with Crippen LogP contribution in [0.15, 0.2) is 24.3 Å². The Morgan fingerprint density at radius 2 is 1.37 bits per heavy atom. The van der Waals surface area contributed by atoms with E-state index in [4.69, 9.17) is 10.2 Å². The van der Waals surface area contributed by atoms with Gasteiger partial charge in [0.1, 0.15) is 13.2 Å². The van der Waals surface area contributed by atoms with Crippen molar-refractivity contribution in [2.75, 3.05) is 39.4 Å². The second-order valence-corrected chi connectivity index (χ2v) is 6.88. The van der Waals surface area contributed by atoms with Crippen LogP contribution >= 0.6 is 0 Å². The number of benzene rings is 1. The Balaban J connectivity index is 2.73. The van der Waals surface area contributed by atoms with Crippen molar-refractivity contribution in [3.63, 3.8) is 0 Å². The molecule has 0 atom stereocenters. The monoisotopic (exact) mass is 422 g/mol. The number of carbonyl (C=O) groups is 4. The summed E-state index contributed by atoms with van der Waals surface area (Å²) in [5.74, 6) is -1.58. The summed E-state index contributed by atoms with van der Waals surface area (Å²) >= 11 is 0. The SMILES string of the molecule is CC(C)C(=O)NCc1ccc(C(=O)N(CCNC(=O)CO)CCNC(=O)CO)cc1. The van der Waals surface area contributed by atoms with E-state index in [9.17, 15) is 19.2 Å². The van der Waals surface area contributed by atoms with E-state index in [0.717, 1.165) is 5.56 Å². The van der Waals surface area contributed by atoms with Crippen LogP contribution in [0.3, 0.4) is 0 Å². The summed E-state index contributed by atoms with van der Waals surface area (Å²) in [5, 5.41) is 25.3. The van der Waals surface area contributed by atoms with Crippen LogP contribution in [0.25, 0.3) is 0 Å². The summed E-state index contributed by atoms with van der Waals surface area (Å²) in [7, 11) is 0. The van der Waals surface area contributed by atoms with Crippen molar-refractivity contribution in [3.8, 4) is 0 Å². The molecule has 0 spiro atoms. The van der Waals surface area contributed by atoms with E-state index in [1.54, 1.807) is 38.1 Å². The molecular weight excluding hydrogens is 392 g/mol. The first kappa shape index (κ1) is 25.1. The van der Waals surface area contributed by atoms with E-state index in [1.807, 2.05) is 0 Å². The van der Waals surface area contributed by atoms with Crippen LogP contribution in [-0.4, -0.2) is 78.1 Å². The van der Waals surface area contributed by atoms with Crippen molar-refractivity contribution >= 4 is 23.6 Å². The minimum atomic E-state index is -0.644. The fourth-order valence-corrected chi connectivity index (χ4v) is 2.43. The lowest BCUT2D eigenvalue weighted by molar-refractivity contribution is -0.124. The molecule has 0 aliphatic carbocycles. The van der Waals surface area contributed by atoms with Crippen molar-refractivity contribution in [2.45, 2.75) is 20.4 Å². The number of carbonyl (C=O) groups excluding carboxylic acids is 4. The normalized spacial score (nSPS) is 10.4. The molecule has 1 aromatic carbocycles. The summed E-state index contributed by atoms with van der Waals surface area (Å²) < 4.78 is 0. The molecule has 0 saturated carbocycles. The van der Waals surface area contributed by atoms with Gasteiger partial charge in [-0.1, -0.05) is 26.0 Å². The van der Waals surface area contributed by atoms with Gasteiger partial charge in [-0.15, -0.1) is 0 Å². The molecule has 0 fully saturated rings. The van der Waals surface area contributed by atoms with Gasteiger partial charge in [-0.2, -0.15) is 0 Å². The van der Waals surface area contributed by atoms with Gasteiger partial charge in [0.05, 0.1) is 0 Å². The Morgan fingerprint density at radius 1 is 0.867 bits per heavy atom. The van der Waals surface area contributed by atoms with Gasteiger partial charge in [-0.25, -0.2) is 0 Å². The van der Waals surface area contributed by atoms with Crippen LogP contribution < -0.4 is 16.0 Å². The predicted molar refractivity (Wildman–Crippen MR) is 109 cm³/mol. The zero-order chi connectivity index (χ0) is 22.5. The van der Waals surface area contributed by atoms with Gasteiger partial charge >= 0.3 is 0 Å². The molecule has 0 unspecified atom stereocenters. The molecule has 0 bridgehead atoms. The smallest absolute Gasteiger partial charge is 0.253 e. The predicted octanol–water partition coefficient (Wildman–Crippen LogP) is -1.38. The Kier molecular flexibility index (Phi) is 11.1. The maximum absolute atomic E-state index is 12.8. The van der Waals surface area contributed by atoms with Gasteiger partial charge in [0.25, 0.3) is 5.91 Å². The highest BCUT2D eigenvalue weighted by molar-refractivity contribution is 5.94. The lowest BCUT2D eigenvalue weighted by atomic mass is 10.1. The van der Waals surface area contributed by atoms with Crippen LogP contribution in [0.5, 0.6) is 0 Å². The second kappa shape index (κ2) is 13.3. The number of aliphatic hydroxyl groups is 2. The standard InChI is InChI=1S/C20H30N4O6/c1-14(2)19(29)23-11-15-3-5-16(6-4-15)20(30)24(9-7-21-17(27)12-25)10-8-22-18(28)13-26/h3-6,14,25-26H,7-13H2,1-2H3,(H,21,27)(H,22,28)(H,23,29). The third kappa shape index (κ3) is 9.01. The molecule has 4 amide bonds. The van der Waals surface area contributed by atoms with Gasteiger partial charge in [-0.05, 0) is 17.7 Å². The zero-order valence-electron chi connectivity index (χ0n) is 17.3. The van der Waals surface area contributed by atoms with Crippen molar-refractivity contribution in [2.24, 2.45) is 5.92 Å². The molecule has 0 heterocycles. The third-order valence-corrected chi connectivity index (χ3v) is 4.17. The second-order valence-electron chi connectivity index (χ2n) is 6.88. The highest BCUT2D eigenvalue weighted by Gasteiger charge is 2.16. The summed E-state index contributed by atoms with van der Waals surface area (Å²) in [4.78, 5) is 48.3. The summed E-state index contributed by atoms with van der Waals surface area (Å²) in [6.45, 7) is 3.30. The molecule has 1 aromatic rings. The molecule has 0 aliphatic heterocycles. The lowest BCUT2D eigenvalue weighted by Crippen LogP contribution is -2.43. The quantitative estimate of drug-likeness (QED) is 0.280. The summed E-state index contributed by atoms with van der Waals surface area (Å²) in [6.07, 6.45) is 0. The molecule has 1 rings (SSSR count). The van der Waals surface area contributed by atoms with E-state index in [-0.39, 0.29) is 43.9 Å². The third-order valence-electron chi connectivity index (χ3n) is 4.17. The van der Waals surface area contributed by atoms with Crippen molar-refractivity contribution in [1.29, 1.82) is 0 Å². The number of nitrogens with zero attached hydrogens (tertiary/aromatic N) is 1. The van der Waals surface area contributed by atoms with Crippen LogP contribution in [0, 0.1) is 5.92 Å². The zero-order valence-corrected chi connectivity index (χ0v) is 17.3. The highest BCUT2D eigenvalue weighted by atomic mass is 16.3. The van der Waals surface area contributed by atoms with Gasteiger partial charge in [0.15, 0.2) is 0 Å². The molecule has 0 aliphatic rings. The topological polar surface area (TPSA) is 148 Å². The minimum absolute atomic E-state index is 0.0591. The Bertz CT molecular complexity index is 699. The van der Waals surface area contributed by atoms with E-state index in [0.29, 0.717) is 12.1 Å². The molecule has 10 heteroatoms. The number of nitrogens with one attached hydrogen (secondary N) is 3. The molecule has 0 radical (unpaired) electrons. The van der Waals surface area contributed by atoms with Gasteiger partial charge in [0.2, 0.25) is 17.7 Å². The molecule has 0 saturated heterocycles. The van der Waals surface area contributed by atoms with Crippen LogP contribution in [0.4, 0.5) is 0 Å². The minimum Gasteiger partial charge on any atom is -0.387 e. The van der Waals surface area contributed by atoms with Gasteiger partial charge in [0, 0.05) is 44.2 Å². The van der Waals surface area contributed by atoms with Crippen molar-refractivity contribution < 1.29 is 29.4 Å². The fourth-order valence-electron chi connectivity index (χ4n) is 2.43. The van der Waals surface area contributed by atoms with E-state index in [1.165, 1.54) is 4.90 Å². The average Bonchev–Trinajstić information content (AvgIpc) is 2.75. The molecule has 30 heavy (non-hydrogen) atoms. The largest absolute Gasteiger partial charge is 0.387 e. The molecule has 5 N–H and O–H groups in total. The van der Waals surface area contributed by atoms with Crippen LogP contribution in [0.2, 0.25) is 0 Å². The summed E-state index contributed by atoms with van der Waals surface area (Å²) in [5.41, 5.74) is 1.26. The first-order valence-electron chi connectivity index (χ1n) is 9.69. The van der Waals surface area contributed by atoms with Gasteiger partial charge < -0.3 is 31.1 Å². The first-order valence-corrected chi connectivity index (χ1v) is 9.69. The number of aliphatic hydroxyl groups excluding tert-OH is 2. The molecule has 10 nitrogen and oxygen atoms in total. The Hall–Kier alpha value is -2.98. The fraction of sp³-hybridized carbons (Fsp3) is 0.500. The average molecular weight is 422 g/mol. The van der Waals surface area contributed by atoms with E-state index < -0.39 is 25.0 Å². The van der Waals surface area contributed by atoms with E-state index >= 15 is 0 Å². The highest BCUT2D eigenvalue weighted by Crippen LogP contribution is 2.08. The summed E-state index contributed by atoms with van der Waals surface area (Å²) in [6, 6.07) is 6.77. The molecule has 0 aromatic heterocycles. The van der Waals surface area contributed by atoms with Crippen LogP contribution in [0.1, 0.15) is 29.8 Å². The molecule has 166 valence electrons. The number of rotatable bonds is 12. The lowest BCUT2D eigenvalue weighted by Gasteiger charge is -2.23. The van der Waals surface area contributed by atoms with Crippen LogP contribution in [-0.2, 0) is 20.9 Å². The maximum atomic E-state index is 12.8. The first-order chi connectivity index (χ1) is 14.3. The number of hydrogen-bond acceptors (Lipinski definition) is 6. The number of hydrogen-bond donors (Lipinski definition) is 5. The van der Waals surface area contributed by atoms with E-state index in [2.05, 4.69) is 16.0 Å². The van der Waals surface area contributed by atoms with Crippen molar-refractivity contribution in [3.05, 3.63) is 35.4 Å². The Labute approximate surface area is 175 Å². The maximum Gasteiger partial charge on any atom is 0.253 e. The molecular formula is C20H30N4O6. The van der Waals surface area contributed by atoms with Gasteiger partial charge in [-0.3, -0.25) is 19.2 Å².